The summed E-state index contributed by atoms with van der Waals surface area (Å²) < 4.78 is 43.7. The van der Waals surface area contributed by atoms with E-state index in [1.807, 2.05) is 91.8 Å². The average molecular weight is 1200 g/mol. The lowest BCUT2D eigenvalue weighted by Crippen LogP contribution is -2.33. The number of nitrogens with zero attached hydrogens (tertiary/aromatic N) is 3. The summed E-state index contributed by atoms with van der Waals surface area (Å²) in [4.78, 5) is 75.2. The van der Waals surface area contributed by atoms with Gasteiger partial charge in [0.25, 0.3) is 0 Å². The first kappa shape index (κ1) is 71.6. The molecule has 0 aliphatic carbocycles. The van der Waals surface area contributed by atoms with Gasteiger partial charge in [-0.2, -0.15) is 0 Å². The summed E-state index contributed by atoms with van der Waals surface area (Å²) in [6, 6.07) is 11.4. The molecule has 0 amide bonds. The van der Waals surface area contributed by atoms with Crippen molar-refractivity contribution in [3.05, 3.63) is 48.8 Å². The monoisotopic (exact) mass is 1200 g/mol. The third-order valence-electron chi connectivity index (χ3n) is 11.0. The van der Waals surface area contributed by atoms with E-state index in [1.165, 1.54) is 39.8 Å². The lowest BCUT2D eigenvalue weighted by atomic mass is 9.80. The van der Waals surface area contributed by atoms with Crippen LogP contribution < -0.4 is 0 Å². The van der Waals surface area contributed by atoms with Crippen LogP contribution >= 0.6 is 77.0 Å². The van der Waals surface area contributed by atoms with Crippen molar-refractivity contribution in [2.24, 2.45) is 53.3 Å². The van der Waals surface area contributed by atoms with Crippen molar-refractivity contribution in [2.75, 3.05) is 76.6 Å². The number of hydrogen-bond acceptors (Lipinski definition) is 21. The Morgan fingerprint density at radius 3 is 1.28 bits per heavy atom. The fourth-order valence-corrected chi connectivity index (χ4v) is 13.1. The van der Waals surface area contributed by atoms with Gasteiger partial charge in [0.2, 0.25) is 0 Å². The number of rotatable bonds is 37. The van der Waals surface area contributed by atoms with Crippen LogP contribution in [0.15, 0.2) is 58.8 Å². The Morgan fingerprint density at radius 2 is 0.934 bits per heavy atom. The number of hydrogen-bond donors (Lipinski definition) is 2. The molecular weight excluding hydrogens is 1110 g/mol. The van der Waals surface area contributed by atoms with E-state index in [0.717, 1.165) is 27.5 Å². The molecule has 76 heavy (non-hydrogen) atoms. The Balaban J connectivity index is -0.00000147. The van der Waals surface area contributed by atoms with Gasteiger partial charge in [-0.15, -0.1) is 0 Å². The van der Waals surface area contributed by atoms with Crippen LogP contribution in [0.3, 0.4) is 0 Å². The first-order chi connectivity index (χ1) is 37.4. The van der Waals surface area contributed by atoms with Gasteiger partial charge in [0.15, 0.2) is 0 Å². The van der Waals surface area contributed by atoms with Crippen molar-refractivity contribution in [3.8, 4) is 0 Å². The van der Waals surface area contributed by atoms with Crippen LogP contribution in [-0.4, -0.2) is 136 Å². The Bertz CT molecular complexity index is 1870. The molecule has 5 unspecified atom stereocenters. The van der Waals surface area contributed by atoms with Crippen LogP contribution in [-0.2, 0) is 47.7 Å². The zero-order valence-corrected chi connectivity index (χ0v) is 51.7. The molecule has 5 atom stereocenters. The van der Waals surface area contributed by atoms with E-state index in [-0.39, 0.29) is 107 Å². The summed E-state index contributed by atoms with van der Waals surface area (Å²) >= 11 is 5.47. The maximum absolute atomic E-state index is 13.5. The van der Waals surface area contributed by atoms with E-state index in [9.17, 15) is 24.0 Å². The van der Waals surface area contributed by atoms with Gasteiger partial charge in [-0.3, -0.25) is 24.0 Å². The lowest BCUT2D eigenvalue weighted by Gasteiger charge is -2.27. The minimum absolute atomic E-state index is 0. The summed E-state index contributed by atoms with van der Waals surface area (Å²) in [5.74, 6) is -2.27. The van der Waals surface area contributed by atoms with Crippen molar-refractivity contribution in [1.29, 1.82) is 0 Å². The summed E-state index contributed by atoms with van der Waals surface area (Å²) in [7, 11) is 10.5. The Labute approximate surface area is 490 Å². The van der Waals surface area contributed by atoms with Crippen molar-refractivity contribution < 1.29 is 62.2 Å². The van der Waals surface area contributed by atoms with Crippen molar-refractivity contribution >= 4 is 111 Å². The normalized spacial score (nSPS) is 13.1. The molecule has 2 rings (SSSR count). The second-order valence-electron chi connectivity index (χ2n) is 18.5. The van der Waals surface area contributed by atoms with Gasteiger partial charge < -0.3 is 38.8 Å². The molecule has 0 fully saturated rings. The lowest BCUT2D eigenvalue weighted by molar-refractivity contribution is -0.157. The van der Waals surface area contributed by atoms with E-state index in [1.54, 1.807) is 44.8 Å². The Hall–Kier alpha value is -2.44. The van der Waals surface area contributed by atoms with E-state index in [4.69, 9.17) is 50.5 Å². The third kappa shape index (κ3) is 34.5. The molecule has 22 heteroatoms. The zero-order valence-electron chi connectivity index (χ0n) is 49.0. The highest BCUT2D eigenvalue weighted by Crippen LogP contribution is 2.34. The van der Waals surface area contributed by atoms with E-state index < -0.39 is 29.7 Å². The van der Waals surface area contributed by atoms with Crippen molar-refractivity contribution in [1.82, 2.24) is 14.9 Å². The van der Waals surface area contributed by atoms with Gasteiger partial charge in [-0.25, -0.2) is 9.97 Å². The van der Waals surface area contributed by atoms with Crippen molar-refractivity contribution in [3.63, 3.8) is 0 Å². The molecule has 438 valence electrons. The molecule has 0 spiro atoms. The molecule has 0 bridgehead atoms. The summed E-state index contributed by atoms with van der Waals surface area (Å²) in [6.45, 7) is 21.7. The predicted molar refractivity (Wildman–Crippen MR) is 325 cm³/mol. The van der Waals surface area contributed by atoms with Gasteiger partial charge >= 0.3 is 29.8 Å². The van der Waals surface area contributed by atoms with Gasteiger partial charge in [0.05, 0.1) is 42.8 Å². The second-order valence-corrected chi connectivity index (χ2v) is 26.5. The van der Waals surface area contributed by atoms with Crippen LogP contribution in [0.1, 0.15) is 121 Å². The number of thiocarbonyl (C=S) groups is 1. The number of aliphatic hydroxyl groups excluding tert-OH is 2. The molecule has 0 saturated carbocycles. The fourth-order valence-electron chi connectivity index (χ4n) is 7.25. The SMILES string of the molecule is C.CC(C)CC(CC(C(=O)OCCSSc1ccccn1)C(C)C)C(=O)OCCO.CCN(CC)C(=S)SSCCOC(=O)C(CC(CC(C)C)C(=O)OCCO)CC(C(=O)OCCSSc1ccccn1)C(C)C.[2H][2H].[3H]C. The highest BCUT2D eigenvalue weighted by molar-refractivity contribution is 8.83. The highest BCUT2D eigenvalue weighted by atomic mass is 33.1. The van der Waals surface area contributed by atoms with Crippen LogP contribution in [0.5, 0.6) is 0 Å². The molecule has 2 aromatic rings. The number of aliphatic hydroxyl groups is 2. The largest absolute Gasteiger partial charge is 0.465 e. The minimum Gasteiger partial charge on any atom is -0.465 e. The first-order valence-electron chi connectivity index (χ1n) is 27.4. The van der Waals surface area contributed by atoms with Gasteiger partial charge in [0, 0.05) is 47.1 Å². The molecular formula is C54H93N3O12S7. The third-order valence-corrected chi connectivity index (χ3v) is 18.5. The van der Waals surface area contributed by atoms with Crippen LogP contribution in [0.25, 0.3) is 0 Å². The molecule has 0 aliphatic rings. The summed E-state index contributed by atoms with van der Waals surface area (Å²) in [5.41, 5.74) is 0. The minimum atomic E-state index is -0.709. The molecule has 0 saturated heterocycles. The average Bonchev–Trinajstić information content (AvgIpc) is 3.42. The van der Waals surface area contributed by atoms with E-state index in [0.29, 0.717) is 49.0 Å². The van der Waals surface area contributed by atoms with Crippen LogP contribution in [0.4, 0.5) is 0 Å². The smallest absolute Gasteiger partial charge is 0.309 e. The van der Waals surface area contributed by atoms with Gasteiger partial charge in [-0.1, -0.05) is 127 Å². The molecule has 0 radical (unpaired) electrons. The fraction of sp³-hybridized carbons (Fsp3) is 0.704. The second kappa shape index (κ2) is 46.3. The van der Waals surface area contributed by atoms with E-state index >= 15 is 0 Å². The van der Waals surface area contributed by atoms with Gasteiger partial charge in [-0.05, 0) is 126 Å². The van der Waals surface area contributed by atoms with E-state index in [2.05, 4.69) is 28.7 Å². The molecule has 0 aliphatic heterocycles. The highest BCUT2D eigenvalue weighted by Gasteiger charge is 2.36. The Kier molecular flexibility index (Phi) is 43.6. The zero-order chi connectivity index (χ0) is 59.3. The summed E-state index contributed by atoms with van der Waals surface area (Å²) in [5, 5.41) is 19.9. The number of ether oxygens (including phenoxy) is 5. The molecule has 2 N–H and O–H groups in total. The summed E-state index contributed by atoms with van der Waals surface area (Å²) in [6.07, 6.45) is 5.40. The topological polar surface area (TPSA) is 201 Å². The van der Waals surface area contributed by atoms with Crippen LogP contribution in [0.2, 0.25) is 0 Å². The molecule has 15 nitrogen and oxygen atoms in total. The molecule has 2 heterocycles. The quantitative estimate of drug-likeness (QED) is 0.0212. The number of carbonyl (C=O) groups excluding carboxylic acids is 5. The first-order valence-corrected chi connectivity index (χ1v) is 32.8. The standard InChI is InChI=1S/C31H50N2O7S5.C21H33NO5S2.2CH4.H2/c1-7-33(8-2)31(41)45-43-18-15-39-29(36)25(20-24(19-22(3)4)28(35)38-14-13-34)21-26(23(5)6)30(37)40-16-17-42-44-27-11-9-10-12-32-27;1-15(2)13-17(20(24)26-10-9-23)14-18(16(3)4)21(25)27-11-12-28-29-19-7-5-6-8-22-19;;;/h9-12,22-26,34H,7-8,13-21H2,1-6H3;5-8,15-18,23H,9-14H2,1-4H3;2*1H4;1H/i;;1T;;1+1D. The number of carbonyl (C=O) groups is 5. The number of aromatic nitrogens is 2. The number of esters is 5. The maximum atomic E-state index is 13.5. The molecule has 2 aromatic heterocycles. The molecule has 0 aromatic carbocycles. The van der Waals surface area contributed by atoms with Gasteiger partial charge in [0.1, 0.15) is 47.4 Å². The van der Waals surface area contributed by atoms with Crippen molar-refractivity contribution in [2.45, 2.75) is 126 Å². The number of pyridine rings is 2. The predicted octanol–water partition coefficient (Wildman–Crippen LogP) is 12.5. The maximum Gasteiger partial charge on any atom is 0.309 e. The van der Waals surface area contributed by atoms with Crippen LogP contribution in [0, 0.1) is 53.3 Å². The Morgan fingerprint density at radius 1 is 0.579 bits per heavy atom.